The molecule has 0 fully saturated rings. The number of aliphatic hydroxyl groups excluding tert-OH is 1. The van der Waals surface area contributed by atoms with E-state index in [0.29, 0.717) is 10.0 Å². The van der Waals surface area contributed by atoms with Crippen LogP contribution >= 0.6 is 23.2 Å². The van der Waals surface area contributed by atoms with Gasteiger partial charge in [0.2, 0.25) is 0 Å². The summed E-state index contributed by atoms with van der Waals surface area (Å²) in [5.41, 5.74) is 0.958. The van der Waals surface area contributed by atoms with E-state index in [2.05, 4.69) is 13.8 Å². The molecule has 0 aliphatic heterocycles. The second-order valence-electron chi connectivity index (χ2n) is 5.09. The molecule has 16 heavy (non-hydrogen) atoms. The molecule has 90 valence electrons. The number of hydrogen-bond acceptors (Lipinski definition) is 1. The zero-order chi connectivity index (χ0) is 12.3. The fraction of sp³-hybridized carbons (Fsp3) is 0.538. The lowest BCUT2D eigenvalue weighted by Crippen LogP contribution is -2.21. The molecule has 0 heterocycles. The van der Waals surface area contributed by atoms with Crippen LogP contribution in [0.1, 0.15) is 32.8 Å². The summed E-state index contributed by atoms with van der Waals surface area (Å²) < 4.78 is 0. The number of rotatable bonds is 4. The summed E-state index contributed by atoms with van der Waals surface area (Å²) in [6, 6.07) is 5.54. The van der Waals surface area contributed by atoms with Crippen LogP contribution in [0.25, 0.3) is 0 Å². The van der Waals surface area contributed by atoms with Crippen molar-refractivity contribution in [1.82, 2.24) is 0 Å². The van der Waals surface area contributed by atoms with Gasteiger partial charge in [0.05, 0.1) is 6.10 Å². The van der Waals surface area contributed by atoms with Crippen molar-refractivity contribution < 1.29 is 5.11 Å². The van der Waals surface area contributed by atoms with Crippen LogP contribution in [0.3, 0.4) is 0 Å². The lowest BCUT2D eigenvalue weighted by Gasteiger charge is -2.27. The van der Waals surface area contributed by atoms with Gasteiger partial charge in [-0.3, -0.25) is 0 Å². The Hall–Kier alpha value is -0.240. The van der Waals surface area contributed by atoms with E-state index in [0.717, 1.165) is 18.4 Å². The highest BCUT2D eigenvalue weighted by molar-refractivity contribution is 6.35. The predicted octanol–water partition coefficient (Wildman–Crippen LogP) is 4.33. The maximum atomic E-state index is 9.44. The highest BCUT2D eigenvalue weighted by atomic mass is 35.5. The normalized spacial score (nSPS) is 13.9. The molecule has 3 heteroatoms. The summed E-state index contributed by atoms with van der Waals surface area (Å²) in [6.07, 6.45) is 1.20. The fourth-order valence-electron chi connectivity index (χ4n) is 2.05. The van der Waals surface area contributed by atoms with Crippen molar-refractivity contribution >= 4 is 23.2 Å². The summed E-state index contributed by atoms with van der Waals surface area (Å²) in [5, 5.41) is 10.8. The smallest absolute Gasteiger partial charge is 0.0517 e. The molecule has 1 rings (SSSR count). The minimum absolute atomic E-state index is 0.0111. The number of halogens is 2. The minimum atomic E-state index is -0.309. The first-order valence-corrected chi connectivity index (χ1v) is 6.18. The van der Waals surface area contributed by atoms with Crippen LogP contribution in [0.5, 0.6) is 0 Å². The van der Waals surface area contributed by atoms with E-state index in [1.54, 1.807) is 6.92 Å². The maximum Gasteiger partial charge on any atom is 0.0517 e. The highest BCUT2D eigenvalue weighted by Crippen LogP contribution is 2.34. The van der Waals surface area contributed by atoms with Crippen molar-refractivity contribution in [3.05, 3.63) is 33.8 Å². The molecule has 1 aromatic rings. The third-order valence-corrected chi connectivity index (χ3v) is 3.27. The average Bonchev–Trinajstić information content (AvgIpc) is 2.09. The highest BCUT2D eigenvalue weighted by Gasteiger charge is 2.23. The number of benzene rings is 1. The molecule has 0 spiro atoms. The number of aliphatic hydroxyl groups is 1. The molecule has 1 unspecified atom stereocenters. The molecule has 1 nitrogen and oxygen atoms in total. The van der Waals surface area contributed by atoms with Crippen molar-refractivity contribution in [3.63, 3.8) is 0 Å². The third kappa shape index (κ3) is 3.97. The van der Waals surface area contributed by atoms with Crippen molar-refractivity contribution in [2.45, 2.75) is 39.7 Å². The Morgan fingerprint density at radius 3 is 2.19 bits per heavy atom. The second-order valence-corrected chi connectivity index (χ2v) is 5.91. The average molecular weight is 261 g/mol. The second kappa shape index (κ2) is 5.39. The first-order chi connectivity index (χ1) is 7.32. The van der Waals surface area contributed by atoms with Gasteiger partial charge in [0.15, 0.2) is 0 Å². The van der Waals surface area contributed by atoms with E-state index in [4.69, 9.17) is 23.2 Å². The van der Waals surface area contributed by atoms with E-state index in [-0.39, 0.29) is 11.5 Å². The van der Waals surface area contributed by atoms with Gasteiger partial charge in [-0.15, -0.1) is 0 Å². The van der Waals surface area contributed by atoms with Crippen LogP contribution in [0.15, 0.2) is 18.2 Å². The number of hydrogen-bond donors (Lipinski definition) is 1. The molecular formula is C13H18Cl2O. The van der Waals surface area contributed by atoms with E-state index in [1.807, 2.05) is 18.2 Å². The molecule has 0 saturated heterocycles. The van der Waals surface area contributed by atoms with Gasteiger partial charge in [-0.1, -0.05) is 43.1 Å². The summed E-state index contributed by atoms with van der Waals surface area (Å²) in [6.45, 7) is 6.02. The predicted molar refractivity (Wildman–Crippen MR) is 70.2 cm³/mol. The van der Waals surface area contributed by atoms with Crippen LogP contribution < -0.4 is 0 Å². The molecule has 0 aliphatic rings. The van der Waals surface area contributed by atoms with Crippen LogP contribution in [-0.4, -0.2) is 11.2 Å². The first kappa shape index (κ1) is 13.8. The summed E-state index contributed by atoms with van der Waals surface area (Å²) in [4.78, 5) is 0. The molecule has 0 radical (unpaired) electrons. The van der Waals surface area contributed by atoms with Gasteiger partial charge in [-0.2, -0.15) is 0 Å². The topological polar surface area (TPSA) is 20.2 Å². The molecule has 1 atom stereocenters. The van der Waals surface area contributed by atoms with E-state index >= 15 is 0 Å². The van der Waals surface area contributed by atoms with Gasteiger partial charge in [-0.05, 0) is 42.9 Å². The lowest BCUT2D eigenvalue weighted by molar-refractivity contribution is 0.129. The Balaban J connectivity index is 2.87. The van der Waals surface area contributed by atoms with Crippen molar-refractivity contribution in [2.24, 2.45) is 5.41 Å². The Labute approximate surface area is 107 Å². The molecular weight excluding hydrogens is 243 g/mol. The molecule has 0 aromatic heterocycles. The van der Waals surface area contributed by atoms with Gasteiger partial charge < -0.3 is 5.11 Å². The van der Waals surface area contributed by atoms with Crippen molar-refractivity contribution in [2.75, 3.05) is 0 Å². The quantitative estimate of drug-likeness (QED) is 0.855. The summed E-state index contributed by atoms with van der Waals surface area (Å²) in [7, 11) is 0. The van der Waals surface area contributed by atoms with Gasteiger partial charge in [0, 0.05) is 10.0 Å². The zero-order valence-corrected chi connectivity index (χ0v) is 11.4. The molecule has 1 aromatic carbocycles. The Bertz CT molecular complexity index is 339. The van der Waals surface area contributed by atoms with Gasteiger partial charge >= 0.3 is 0 Å². The first-order valence-electron chi connectivity index (χ1n) is 5.43. The molecule has 0 amide bonds. The van der Waals surface area contributed by atoms with Crippen LogP contribution in [0, 0.1) is 5.41 Å². The fourth-order valence-corrected chi connectivity index (χ4v) is 2.58. The van der Waals surface area contributed by atoms with Crippen LogP contribution in [0.2, 0.25) is 10.0 Å². The summed E-state index contributed by atoms with van der Waals surface area (Å²) >= 11 is 12.3. The molecule has 0 bridgehead atoms. The minimum Gasteiger partial charge on any atom is -0.393 e. The molecule has 0 aliphatic carbocycles. The van der Waals surface area contributed by atoms with E-state index < -0.39 is 0 Å². The SMILES string of the molecule is CC(O)CC(C)(C)Cc1c(Cl)cccc1Cl. The van der Waals surface area contributed by atoms with Crippen molar-refractivity contribution in [3.8, 4) is 0 Å². The van der Waals surface area contributed by atoms with E-state index in [9.17, 15) is 5.11 Å². The largest absolute Gasteiger partial charge is 0.393 e. The van der Waals surface area contributed by atoms with E-state index in [1.165, 1.54) is 0 Å². The molecule has 1 N–H and O–H groups in total. The van der Waals surface area contributed by atoms with Gasteiger partial charge in [0.1, 0.15) is 0 Å². The van der Waals surface area contributed by atoms with Crippen molar-refractivity contribution in [1.29, 1.82) is 0 Å². The van der Waals surface area contributed by atoms with Gasteiger partial charge in [-0.25, -0.2) is 0 Å². The Kier molecular flexibility index (Phi) is 4.66. The zero-order valence-electron chi connectivity index (χ0n) is 9.93. The lowest BCUT2D eigenvalue weighted by atomic mass is 9.81. The maximum absolute atomic E-state index is 9.44. The third-order valence-electron chi connectivity index (χ3n) is 2.57. The monoisotopic (exact) mass is 260 g/mol. The molecule has 0 saturated carbocycles. The van der Waals surface area contributed by atoms with Gasteiger partial charge in [0.25, 0.3) is 0 Å². The Morgan fingerprint density at radius 1 is 1.25 bits per heavy atom. The van der Waals surface area contributed by atoms with Crippen LogP contribution in [0.4, 0.5) is 0 Å². The Morgan fingerprint density at radius 2 is 1.75 bits per heavy atom. The standard InChI is InChI=1S/C13H18Cl2O/c1-9(16)7-13(2,3)8-10-11(14)5-4-6-12(10)15/h4-6,9,16H,7-8H2,1-3H3. The van der Waals surface area contributed by atoms with Crippen LogP contribution in [-0.2, 0) is 6.42 Å². The summed E-state index contributed by atoms with van der Waals surface area (Å²) in [5.74, 6) is 0.